The molecule has 0 saturated heterocycles. The van der Waals surface area contributed by atoms with E-state index in [1.807, 2.05) is 18.2 Å². The van der Waals surface area contributed by atoms with Gasteiger partial charge < -0.3 is 15.8 Å². The number of carbonyl (C=O) groups excluding carboxylic acids is 1. The SMILES string of the molecule is COc1ccc(C(=O)NC(C)c2ccccc2N)c(F)c1. The molecular weight excluding hydrogens is 271 g/mol. The minimum absolute atomic E-state index is 0.0304. The largest absolute Gasteiger partial charge is 0.497 e. The highest BCUT2D eigenvalue weighted by molar-refractivity contribution is 5.95. The van der Waals surface area contributed by atoms with Crippen LogP contribution in [0, 0.1) is 5.82 Å². The van der Waals surface area contributed by atoms with Crippen molar-refractivity contribution in [1.29, 1.82) is 0 Å². The van der Waals surface area contributed by atoms with Crippen molar-refractivity contribution < 1.29 is 13.9 Å². The van der Waals surface area contributed by atoms with Gasteiger partial charge in [0, 0.05) is 11.8 Å². The molecule has 5 heteroatoms. The highest BCUT2D eigenvalue weighted by atomic mass is 19.1. The monoisotopic (exact) mass is 288 g/mol. The molecule has 1 unspecified atom stereocenters. The Labute approximate surface area is 122 Å². The lowest BCUT2D eigenvalue weighted by molar-refractivity contribution is 0.0936. The van der Waals surface area contributed by atoms with Crippen molar-refractivity contribution in [2.75, 3.05) is 12.8 Å². The molecular formula is C16H17FN2O2. The van der Waals surface area contributed by atoms with Gasteiger partial charge in [-0.05, 0) is 30.7 Å². The molecule has 3 N–H and O–H groups in total. The van der Waals surface area contributed by atoms with E-state index in [-0.39, 0.29) is 11.6 Å². The van der Waals surface area contributed by atoms with Crippen molar-refractivity contribution in [2.24, 2.45) is 0 Å². The van der Waals surface area contributed by atoms with Gasteiger partial charge in [-0.15, -0.1) is 0 Å². The highest BCUT2D eigenvalue weighted by Crippen LogP contribution is 2.21. The maximum atomic E-state index is 13.9. The smallest absolute Gasteiger partial charge is 0.254 e. The number of carbonyl (C=O) groups is 1. The molecule has 2 aromatic carbocycles. The van der Waals surface area contributed by atoms with Gasteiger partial charge in [0.2, 0.25) is 0 Å². The maximum absolute atomic E-state index is 13.9. The Morgan fingerprint density at radius 1 is 1.29 bits per heavy atom. The van der Waals surface area contributed by atoms with Crippen molar-refractivity contribution in [2.45, 2.75) is 13.0 Å². The Bertz CT molecular complexity index is 658. The molecule has 2 aromatic rings. The van der Waals surface area contributed by atoms with Gasteiger partial charge in [0.1, 0.15) is 11.6 Å². The number of methoxy groups -OCH3 is 1. The molecule has 0 aliphatic carbocycles. The molecule has 4 nitrogen and oxygen atoms in total. The minimum atomic E-state index is -0.625. The fraction of sp³-hybridized carbons (Fsp3) is 0.188. The van der Waals surface area contributed by atoms with E-state index in [9.17, 15) is 9.18 Å². The number of hydrogen-bond acceptors (Lipinski definition) is 3. The average Bonchev–Trinajstić information content (AvgIpc) is 2.47. The standard InChI is InChI=1S/C16H17FN2O2/c1-10(12-5-3-4-6-15(12)18)19-16(20)13-8-7-11(21-2)9-14(13)17/h3-10H,18H2,1-2H3,(H,19,20). The molecule has 110 valence electrons. The fourth-order valence-corrected chi connectivity index (χ4v) is 2.06. The fourth-order valence-electron chi connectivity index (χ4n) is 2.06. The lowest BCUT2D eigenvalue weighted by Crippen LogP contribution is -2.27. The first-order valence-electron chi connectivity index (χ1n) is 6.51. The summed E-state index contributed by atoms with van der Waals surface area (Å²) in [4.78, 5) is 12.1. The minimum Gasteiger partial charge on any atom is -0.497 e. The molecule has 21 heavy (non-hydrogen) atoms. The zero-order valence-electron chi connectivity index (χ0n) is 11.9. The summed E-state index contributed by atoms with van der Waals surface area (Å²) in [7, 11) is 1.44. The number of rotatable bonds is 4. The number of para-hydroxylation sites is 1. The summed E-state index contributed by atoms with van der Waals surface area (Å²) in [6.45, 7) is 1.80. The van der Waals surface area contributed by atoms with Gasteiger partial charge in [-0.1, -0.05) is 18.2 Å². The van der Waals surface area contributed by atoms with Gasteiger partial charge in [-0.3, -0.25) is 4.79 Å². The first-order chi connectivity index (χ1) is 10.0. The van der Waals surface area contributed by atoms with Gasteiger partial charge >= 0.3 is 0 Å². The number of benzene rings is 2. The third-order valence-electron chi connectivity index (χ3n) is 3.23. The number of amides is 1. The van der Waals surface area contributed by atoms with Crippen LogP contribution in [0.1, 0.15) is 28.9 Å². The summed E-state index contributed by atoms with van der Waals surface area (Å²) in [5.74, 6) is -0.754. The topological polar surface area (TPSA) is 64.3 Å². The van der Waals surface area contributed by atoms with Crippen molar-refractivity contribution in [3.63, 3.8) is 0 Å². The zero-order valence-corrected chi connectivity index (χ0v) is 11.9. The Morgan fingerprint density at radius 3 is 2.62 bits per heavy atom. The Balaban J connectivity index is 2.16. The molecule has 2 rings (SSSR count). The lowest BCUT2D eigenvalue weighted by Gasteiger charge is -2.16. The molecule has 0 bridgehead atoms. The third-order valence-corrected chi connectivity index (χ3v) is 3.23. The van der Waals surface area contributed by atoms with E-state index in [4.69, 9.17) is 10.5 Å². The summed E-state index contributed by atoms with van der Waals surface area (Å²) in [6, 6.07) is 11.0. The van der Waals surface area contributed by atoms with E-state index < -0.39 is 11.7 Å². The van der Waals surface area contributed by atoms with Crippen LogP contribution in [0.2, 0.25) is 0 Å². The van der Waals surface area contributed by atoms with E-state index in [2.05, 4.69) is 5.32 Å². The second-order valence-electron chi connectivity index (χ2n) is 4.67. The van der Waals surface area contributed by atoms with E-state index in [1.165, 1.54) is 19.2 Å². The van der Waals surface area contributed by atoms with Gasteiger partial charge in [0.05, 0.1) is 18.7 Å². The van der Waals surface area contributed by atoms with Gasteiger partial charge in [-0.25, -0.2) is 4.39 Å². The normalized spacial score (nSPS) is 11.8. The molecule has 0 aliphatic rings. The number of nitrogens with two attached hydrogens (primary N) is 1. The Kier molecular flexibility index (Phi) is 4.42. The number of nitrogen functional groups attached to an aromatic ring is 1. The summed E-state index contributed by atoms with van der Waals surface area (Å²) >= 11 is 0. The second-order valence-corrected chi connectivity index (χ2v) is 4.67. The number of ether oxygens (including phenoxy) is 1. The van der Waals surface area contributed by atoms with Crippen LogP contribution in [0.5, 0.6) is 5.75 Å². The van der Waals surface area contributed by atoms with Crippen LogP contribution in [0.25, 0.3) is 0 Å². The van der Waals surface area contributed by atoms with Crippen molar-refractivity contribution in [1.82, 2.24) is 5.32 Å². The average molecular weight is 288 g/mol. The van der Waals surface area contributed by atoms with Crippen molar-refractivity contribution in [3.8, 4) is 5.75 Å². The van der Waals surface area contributed by atoms with Crippen molar-refractivity contribution >= 4 is 11.6 Å². The second kappa shape index (κ2) is 6.26. The summed E-state index contributed by atoms with van der Waals surface area (Å²) in [6.07, 6.45) is 0. The van der Waals surface area contributed by atoms with Crippen LogP contribution >= 0.6 is 0 Å². The molecule has 0 saturated carbocycles. The van der Waals surface area contributed by atoms with Crippen LogP contribution < -0.4 is 15.8 Å². The van der Waals surface area contributed by atoms with Crippen LogP contribution in [-0.2, 0) is 0 Å². The summed E-state index contributed by atoms with van der Waals surface area (Å²) < 4.78 is 18.8. The number of anilines is 1. The Hall–Kier alpha value is -2.56. The predicted molar refractivity (Wildman–Crippen MR) is 79.7 cm³/mol. The maximum Gasteiger partial charge on any atom is 0.254 e. The van der Waals surface area contributed by atoms with E-state index in [0.29, 0.717) is 11.4 Å². The van der Waals surface area contributed by atoms with Gasteiger partial charge in [-0.2, -0.15) is 0 Å². The van der Waals surface area contributed by atoms with Crippen LogP contribution in [0.3, 0.4) is 0 Å². The molecule has 0 spiro atoms. The van der Waals surface area contributed by atoms with Crippen LogP contribution in [0.4, 0.5) is 10.1 Å². The van der Waals surface area contributed by atoms with E-state index in [0.717, 1.165) is 5.56 Å². The molecule has 0 heterocycles. The van der Waals surface area contributed by atoms with Crippen LogP contribution in [-0.4, -0.2) is 13.0 Å². The molecule has 0 aliphatic heterocycles. The number of hydrogen-bond donors (Lipinski definition) is 2. The van der Waals surface area contributed by atoms with Gasteiger partial charge in [0.15, 0.2) is 0 Å². The number of nitrogens with one attached hydrogen (secondary N) is 1. The highest BCUT2D eigenvalue weighted by Gasteiger charge is 2.16. The molecule has 1 atom stereocenters. The summed E-state index contributed by atoms with van der Waals surface area (Å²) in [5, 5.41) is 2.73. The third kappa shape index (κ3) is 3.31. The van der Waals surface area contributed by atoms with Crippen molar-refractivity contribution in [3.05, 3.63) is 59.4 Å². The first-order valence-corrected chi connectivity index (χ1v) is 6.51. The molecule has 1 amide bonds. The van der Waals surface area contributed by atoms with Crippen LogP contribution in [0.15, 0.2) is 42.5 Å². The number of halogens is 1. The Morgan fingerprint density at radius 2 is 2.00 bits per heavy atom. The zero-order chi connectivity index (χ0) is 15.4. The van der Waals surface area contributed by atoms with E-state index >= 15 is 0 Å². The first kappa shape index (κ1) is 14.8. The van der Waals surface area contributed by atoms with Gasteiger partial charge in [0.25, 0.3) is 5.91 Å². The lowest BCUT2D eigenvalue weighted by atomic mass is 10.1. The quantitative estimate of drug-likeness (QED) is 0.850. The predicted octanol–water partition coefficient (Wildman–Crippen LogP) is 2.91. The molecule has 0 fully saturated rings. The molecule has 0 radical (unpaired) electrons. The summed E-state index contributed by atoms with van der Waals surface area (Å²) in [5.41, 5.74) is 7.21. The molecule has 0 aromatic heterocycles. The van der Waals surface area contributed by atoms with E-state index in [1.54, 1.807) is 19.1 Å².